The van der Waals surface area contributed by atoms with Gasteiger partial charge in [-0.2, -0.15) is 0 Å². The predicted molar refractivity (Wildman–Crippen MR) is 93.8 cm³/mol. The zero-order valence-electron chi connectivity index (χ0n) is 13.3. The molecule has 25 heavy (non-hydrogen) atoms. The third kappa shape index (κ3) is 6.80. The Kier molecular flexibility index (Phi) is 7.21. The second-order valence-corrected chi connectivity index (χ2v) is 5.90. The van der Waals surface area contributed by atoms with E-state index in [2.05, 4.69) is 26.6 Å². The van der Waals surface area contributed by atoms with Gasteiger partial charge in [0, 0.05) is 10.9 Å². The Bertz CT molecular complexity index is 730. The number of aryl methyl sites for hydroxylation is 1. The maximum Gasteiger partial charge on any atom is 0.306 e. The Morgan fingerprint density at radius 2 is 1.88 bits per heavy atom. The number of rotatable bonds is 8. The second-order valence-electron chi connectivity index (χ2n) is 5.04. The molecule has 1 heterocycles. The Morgan fingerprint density at radius 1 is 1.08 bits per heavy atom. The number of benzene rings is 1. The molecule has 0 radical (unpaired) electrons. The fourth-order valence-electron chi connectivity index (χ4n) is 1.89. The number of hydrogen-bond donors (Lipinski definition) is 2. The number of anilines is 1. The zero-order chi connectivity index (χ0) is 18.1. The highest BCUT2D eigenvalue weighted by Crippen LogP contribution is 2.20. The van der Waals surface area contributed by atoms with Crippen molar-refractivity contribution in [2.45, 2.75) is 12.8 Å². The molecular formula is C17H17BrN2O5. The highest BCUT2D eigenvalue weighted by Gasteiger charge is 2.11. The molecule has 0 aliphatic carbocycles. The van der Waals surface area contributed by atoms with Crippen LogP contribution in [0.3, 0.4) is 0 Å². The van der Waals surface area contributed by atoms with Crippen LogP contribution in [0.15, 0.2) is 51.6 Å². The molecule has 2 N–H and O–H groups in total. The number of carbonyl (C=O) groups is 3. The number of amides is 2. The summed E-state index contributed by atoms with van der Waals surface area (Å²) in [6, 6.07) is 10.6. The van der Waals surface area contributed by atoms with Gasteiger partial charge in [0.05, 0.1) is 24.9 Å². The van der Waals surface area contributed by atoms with Crippen LogP contribution in [0, 0.1) is 0 Å². The molecule has 7 nitrogen and oxygen atoms in total. The predicted octanol–water partition coefficient (Wildman–Crippen LogP) is 2.27. The van der Waals surface area contributed by atoms with Crippen LogP contribution in [-0.2, 0) is 25.5 Å². The van der Waals surface area contributed by atoms with Crippen molar-refractivity contribution in [1.29, 1.82) is 0 Å². The van der Waals surface area contributed by atoms with Gasteiger partial charge >= 0.3 is 5.97 Å². The van der Waals surface area contributed by atoms with Gasteiger partial charge in [-0.05, 0) is 40.2 Å². The van der Waals surface area contributed by atoms with Crippen LogP contribution in [0.1, 0.15) is 12.2 Å². The van der Waals surface area contributed by atoms with Crippen molar-refractivity contribution in [2.75, 3.05) is 18.5 Å². The van der Waals surface area contributed by atoms with E-state index >= 15 is 0 Å². The third-order valence-electron chi connectivity index (χ3n) is 3.11. The molecule has 0 aliphatic rings. The fraction of sp³-hybridized carbons (Fsp3) is 0.235. The zero-order valence-corrected chi connectivity index (χ0v) is 14.9. The van der Waals surface area contributed by atoms with Crippen LogP contribution in [0.4, 0.5) is 5.69 Å². The molecule has 0 saturated carbocycles. The normalized spacial score (nSPS) is 10.1. The molecule has 0 bridgehead atoms. The molecule has 0 unspecified atom stereocenters. The summed E-state index contributed by atoms with van der Waals surface area (Å²) in [4.78, 5) is 34.9. The van der Waals surface area contributed by atoms with Gasteiger partial charge in [0.2, 0.25) is 5.91 Å². The second kappa shape index (κ2) is 9.63. The highest BCUT2D eigenvalue weighted by molar-refractivity contribution is 9.10. The van der Waals surface area contributed by atoms with Gasteiger partial charge in [0.1, 0.15) is 5.76 Å². The maximum atomic E-state index is 11.8. The molecule has 2 rings (SSSR count). The summed E-state index contributed by atoms with van der Waals surface area (Å²) in [5.74, 6) is -0.771. The van der Waals surface area contributed by atoms with E-state index in [9.17, 15) is 14.4 Å². The van der Waals surface area contributed by atoms with Gasteiger partial charge < -0.3 is 19.8 Å². The largest absolute Gasteiger partial charge is 0.469 e. The van der Waals surface area contributed by atoms with E-state index in [1.165, 1.54) is 6.26 Å². The van der Waals surface area contributed by atoms with Crippen LogP contribution < -0.4 is 10.6 Å². The maximum absolute atomic E-state index is 11.8. The van der Waals surface area contributed by atoms with Crippen molar-refractivity contribution in [3.05, 3.63) is 52.9 Å². The standard InChI is InChI=1S/C17H17BrN2O5/c18-13-5-1-2-6-14(13)20-15(21)10-19-16(22)11-25-17(23)8-7-12-4-3-9-24-12/h1-6,9H,7-8,10-11H2,(H,19,22)(H,20,21). The number of halogens is 1. The fourth-order valence-corrected chi connectivity index (χ4v) is 2.27. The van der Waals surface area contributed by atoms with Gasteiger partial charge in [-0.1, -0.05) is 12.1 Å². The van der Waals surface area contributed by atoms with Crippen molar-refractivity contribution in [3.63, 3.8) is 0 Å². The summed E-state index contributed by atoms with van der Waals surface area (Å²) in [5.41, 5.74) is 0.603. The lowest BCUT2D eigenvalue weighted by atomic mass is 10.2. The van der Waals surface area contributed by atoms with Crippen LogP contribution >= 0.6 is 15.9 Å². The number of ether oxygens (including phenoxy) is 1. The number of nitrogens with one attached hydrogen (secondary N) is 2. The smallest absolute Gasteiger partial charge is 0.306 e. The van der Waals surface area contributed by atoms with Gasteiger partial charge in [-0.3, -0.25) is 14.4 Å². The first-order chi connectivity index (χ1) is 12.0. The number of hydrogen-bond acceptors (Lipinski definition) is 5. The number of para-hydroxylation sites is 1. The first-order valence-electron chi connectivity index (χ1n) is 7.53. The lowest BCUT2D eigenvalue weighted by Crippen LogP contribution is -2.35. The Balaban J connectivity index is 1.62. The molecule has 1 aromatic heterocycles. The summed E-state index contributed by atoms with van der Waals surface area (Å²) in [6.07, 6.45) is 2.04. The van der Waals surface area contributed by atoms with Crippen LogP contribution in [0.5, 0.6) is 0 Å². The Labute approximate surface area is 152 Å². The Hall–Kier alpha value is -2.61. The molecule has 2 aromatic rings. The molecule has 1 aromatic carbocycles. The minimum Gasteiger partial charge on any atom is -0.469 e. The topological polar surface area (TPSA) is 97.6 Å². The first-order valence-corrected chi connectivity index (χ1v) is 8.33. The van der Waals surface area contributed by atoms with Crippen molar-refractivity contribution in [2.24, 2.45) is 0 Å². The third-order valence-corrected chi connectivity index (χ3v) is 3.81. The molecule has 0 aliphatic heterocycles. The number of furan rings is 1. The van der Waals surface area contributed by atoms with Crippen LogP contribution in [-0.4, -0.2) is 30.9 Å². The van der Waals surface area contributed by atoms with Crippen molar-refractivity contribution in [1.82, 2.24) is 5.32 Å². The number of esters is 1. The van der Waals surface area contributed by atoms with Crippen LogP contribution in [0.2, 0.25) is 0 Å². The molecular weight excluding hydrogens is 392 g/mol. The summed E-state index contributed by atoms with van der Waals surface area (Å²) in [5, 5.41) is 5.03. The number of carbonyl (C=O) groups excluding carboxylic acids is 3. The monoisotopic (exact) mass is 408 g/mol. The Morgan fingerprint density at radius 3 is 2.60 bits per heavy atom. The minimum absolute atomic E-state index is 0.114. The van der Waals surface area contributed by atoms with Crippen molar-refractivity contribution >= 4 is 39.4 Å². The summed E-state index contributed by atoms with van der Waals surface area (Å²) in [7, 11) is 0. The summed E-state index contributed by atoms with van der Waals surface area (Å²) >= 11 is 3.31. The van der Waals surface area contributed by atoms with Crippen molar-refractivity contribution in [3.8, 4) is 0 Å². The molecule has 2 amide bonds. The molecule has 0 spiro atoms. The van der Waals surface area contributed by atoms with Gasteiger partial charge in [-0.25, -0.2) is 0 Å². The van der Waals surface area contributed by atoms with Gasteiger partial charge in [0.15, 0.2) is 6.61 Å². The lowest BCUT2D eigenvalue weighted by molar-refractivity contribution is -0.148. The van der Waals surface area contributed by atoms with Crippen molar-refractivity contribution < 1.29 is 23.5 Å². The minimum atomic E-state index is -0.548. The van der Waals surface area contributed by atoms with E-state index in [-0.39, 0.29) is 18.9 Å². The summed E-state index contributed by atoms with van der Waals surface area (Å²) < 4.78 is 10.7. The highest BCUT2D eigenvalue weighted by atomic mass is 79.9. The molecule has 0 fully saturated rings. The summed E-state index contributed by atoms with van der Waals surface area (Å²) in [6.45, 7) is -0.649. The van der Waals surface area contributed by atoms with Gasteiger partial charge in [0.25, 0.3) is 5.91 Å². The molecule has 0 saturated heterocycles. The van der Waals surface area contributed by atoms with Crippen LogP contribution in [0.25, 0.3) is 0 Å². The van der Waals surface area contributed by atoms with E-state index < -0.39 is 18.5 Å². The van der Waals surface area contributed by atoms with E-state index in [0.717, 1.165) is 4.47 Å². The first kappa shape index (κ1) is 18.7. The van der Waals surface area contributed by atoms with Gasteiger partial charge in [-0.15, -0.1) is 0 Å². The average Bonchev–Trinajstić information content (AvgIpc) is 3.12. The SMILES string of the molecule is O=C(COC(=O)CCc1ccco1)NCC(=O)Nc1ccccc1Br. The lowest BCUT2D eigenvalue weighted by Gasteiger charge is -2.08. The molecule has 8 heteroatoms. The molecule has 0 atom stereocenters. The molecule has 132 valence electrons. The average molecular weight is 409 g/mol. The quantitative estimate of drug-likeness (QED) is 0.652. The van der Waals surface area contributed by atoms with E-state index in [1.54, 1.807) is 30.3 Å². The van der Waals surface area contributed by atoms with E-state index in [0.29, 0.717) is 17.9 Å². The van der Waals surface area contributed by atoms with E-state index in [4.69, 9.17) is 9.15 Å². The van der Waals surface area contributed by atoms with E-state index in [1.807, 2.05) is 6.07 Å².